The Kier molecular flexibility index (Phi) is 3.75. The van der Waals surface area contributed by atoms with Crippen molar-refractivity contribution in [2.24, 2.45) is 4.99 Å². The maximum absolute atomic E-state index is 9.31. The highest BCUT2D eigenvalue weighted by molar-refractivity contribution is 6.39. The third-order valence-electron chi connectivity index (χ3n) is 2.30. The fraction of sp³-hybridized carbons (Fsp3) is 0. The molecule has 2 rings (SSSR count). The fourth-order valence-electron chi connectivity index (χ4n) is 1.40. The molecule has 0 bridgehead atoms. The van der Waals surface area contributed by atoms with E-state index in [4.69, 9.17) is 28.9 Å². The summed E-state index contributed by atoms with van der Waals surface area (Å²) in [6.45, 7) is 0. The van der Waals surface area contributed by atoms with Crippen LogP contribution in [-0.4, -0.2) is 11.3 Å². The summed E-state index contributed by atoms with van der Waals surface area (Å²) >= 11 is 11.8. The third-order valence-corrected chi connectivity index (χ3v) is 2.92. The second kappa shape index (κ2) is 5.29. The van der Waals surface area contributed by atoms with Crippen molar-refractivity contribution in [1.29, 1.82) is 0 Å². The Bertz CT molecular complexity index is 589. The Balaban J connectivity index is 2.29. The van der Waals surface area contributed by atoms with E-state index in [9.17, 15) is 5.11 Å². The number of nitrogens with two attached hydrogens (primary N) is 1. The normalized spacial score (nSPS) is 11.0. The van der Waals surface area contributed by atoms with E-state index in [1.807, 2.05) is 6.07 Å². The lowest BCUT2D eigenvalue weighted by Crippen LogP contribution is -1.87. The van der Waals surface area contributed by atoms with Crippen LogP contribution in [0.1, 0.15) is 5.56 Å². The molecule has 92 valence electrons. The molecular weight excluding hydrogens is 271 g/mol. The van der Waals surface area contributed by atoms with Gasteiger partial charge in [0.05, 0.1) is 21.4 Å². The summed E-state index contributed by atoms with van der Waals surface area (Å²) in [4.78, 5) is 4.22. The van der Waals surface area contributed by atoms with Crippen LogP contribution in [0.2, 0.25) is 10.0 Å². The Morgan fingerprint density at radius 3 is 2.39 bits per heavy atom. The van der Waals surface area contributed by atoms with E-state index in [0.717, 1.165) is 5.56 Å². The van der Waals surface area contributed by atoms with Crippen LogP contribution in [0.15, 0.2) is 41.4 Å². The number of benzene rings is 2. The van der Waals surface area contributed by atoms with E-state index in [2.05, 4.69) is 4.99 Å². The highest BCUT2D eigenvalue weighted by Gasteiger charge is 2.03. The zero-order chi connectivity index (χ0) is 13.1. The molecule has 0 radical (unpaired) electrons. The van der Waals surface area contributed by atoms with Gasteiger partial charge in [-0.1, -0.05) is 35.3 Å². The third kappa shape index (κ3) is 2.94. The Labute approximate surface area is 114 Å². The molecule has 0 aromatic heterocycles. The van der Waals surface area contributed by atoms with Crippen molar-refractivity contribution in [3.8, 4) is 5.75 Å². The van der Waals surface area contributed by atoms with Gasteiger partial charge < -0.3 is 10.8 Å². The largest absolute Gasteiger partial charge is 0.508 e. The summed E-state index contributed by atoms with van der Waals surface area (Å²) in [5, 5.41) is 10.0. The number of nitrogen functional groups attached to an aromatic ring is 1. The van der Waals surface area contributed by atoms with Gasteiger partial charge in [-0.2, -0.15) is 0 Å². The van der Waals surface area contributed by atoms with E-state index < -0.39 is 0 Å². The standard InChI is InChI=1S/C13H10Cl2N2O/c14-11-5-9(6-12(15)13(11)16)17-7-8-2-1-3-10(18)4-8/h1-7,18H,16H2. The summed E-state index contributed by atoms with van der Waals surface area (Å²) in [7, 11) is 0. The molecule has 2 aromatic rings. The van der Waals surface area contributed by atoms with Crippen LogP contribution in [0, 0.1) is 0 Å². The predicted octanol–water partition coefficient (Wildman–Crippen LogP) is 4.03. The molecule has 0 aliphatic rings. The summed E-state index contributed by atoms with van der Waals surface area (Å²) < 4.78 is 0. The minimum atomic E-state index is 0.187. The van der Waals surface area contributed by atoms with Gasteiger partial charge in [0.2, 0.25) is 0 Å². The number of hydrogen-bond donors (Lipinski definition) is 2. The predicted molar refractivity (Wildman–Crippen MR) is 76.2 cm³/mol. The number of nitrogens with zero attached hydrogens (tertiary/aromatic N) is 1. The molecule has 3 nitrogen and oxygen atoms in total. The quantitative estimate of drug-likeness (QED) is 0.645. The molecule has 0 atom stereocenters. The highest BCUT2D eigenvalue weighted by atomic mass is 35.5. The van der Waals surface area contributed by atoms with Crippen molar-refractivity contribution in [2.75, 3.05) is 5.73 Å². The summed E-state index contributed by atoms with van der Waals surface area (Å²) in [6, 6.07) is 10.0. The maximum atomic E-state index is 9.31. The van der Waals surface area contributed by atoms with Crippen molar-refractivity contribution < 1.29 is 5.11 Å². The summed E-state index contributed by atoms with van der Waals surface area (Å²) in [5.74, 6) is 0.187. The first kappa shape index (κ1) is 12.7. The monoisotopic (exact) mass is 280 g/mol. The number of rotatable bonds is 2. The van der Waals surface area contributed by atoms with Gasteiger partial charge in [-0.3, -0.25) is 4.99 Å². The molecule has 0 spiro atoms. The number of hydrogen-bond acceptors (Lipinski definition) is 3. The molecular formula is C13H10Cl2N2O. The number of phenolic OH excluding ortho intramolecular Hbond substituents is 1. The number of halogens is 2. The molecule has 0 aliphatic heterocycles. The number of aromatic hydroxyl groups is 1. The molecule has 0 amide bonds. The van der Waals surface area contributed by atoms with Crippen molar-refractivity contribution in [3.05, 3.63) is 52.0 Å². The molecule has 0 unspecified atom stereocenters. The summed E-state index contributed by atoms with van der Waals surface area (Å²) in [5.41, 5.74) is 7.35. The number of aliphatic imine (C=N–C) groups is 1. The van der Waals surface area contributed by atoms with Gasteiger partial charge in [-0.15, -0.1) is 0 Å². The van der Waals surface area contributed by atoms with Crippen LogP contribution in [0.25, 0.3) is 0 Å². The Hall–Kier alpha value is -1.71. The molecule has 5 heteroatoms. The van der Waals surface area contributed by atoms with E-state index >= 15 is 0 Å². The maximum Gasteiger partial charge on any atom is 0.116 e. The average Bonchev–Trinajstić information content (AvgIpc) is 2.33. The zero-order valence-electron chi connectivity index (χ0n) is 9.27. The van der Waals surface area contributed by atoms with Gasteiger partial charge in [0, 0.05) is 6.21 Å². The van der Waals surface area contributed by atoms with Gasteiger partial charge in [0.25, 0.3) is 0 Å². The van der Waals surface area contributed by atoms with Gasteiger partial charge in [0.1, 0.15) is 5.75 Å². The van der Waals surface area contributed by atoms with Gasteiger partial charge in [-0.05, 0) is 29.8 Å². The van der Waals surface area contributed by atoms with Crippen molar-refractivity contribution in [3.63, 3.8) is 0 Å². The first-order valence-corrected chi connectivity index (χ1v) is 5.89. The molecule has 2 aromatic carbocycles. The second-order valence-electron chi connectivity index (χ2n) is 3.68. The average molecular weight is 281 g/mol. The van der Waals surface area contributed by atoms with Crippen LogP contribution < -0.4 is 5.73 Å². The fourth-order valence-corrected chi connectivity index (χ4v) is 1.88. The van der Waals surface area contributed by atoms with Crippen LogP contribution in [-0.2, 0) is 0 Å². The smallest absolute Gasteiger partial charge is 0.116 e. The molecule has 0 heterocycles. The molecule has 3 N–H and O–H groups in total. The molecule has 0 saturated carbocycles. The Morgan fingerprint density at radius 2 is 1.78 bits per heavy atom. The topological polar surface area (TPSA) is 58.6 Å². The first-order chi connectivity index (χ1) is 8.56. The zero-order valence-corrected chi connectivity index (χ0v) is 10.8. The minimum Gasteiger partial charge on any atom is -0.508 e. The van der Waals surface area contributed by atoms with Crippen LogP contribution >= 0.6 is 23.2 Å². The highest BCUT2D eigenvalue weighted by Crippen LogP contribution is 2.32. The van der Waals surface area contributed by atoms with Gasteiger partial charge in [-0.25, -0.2) is 0 Å². The lowest BCUT2D eigenvalue weighted by Gasteiger charge is -2.02. The SMILES string of the molecule is Nc1c(Cl)cc(N=Cc2cccc(O)c2)cc1Cl. The van der Waals surface area contributed by atoms with Gasteiger partial charge >= 0.3 is 0 Å². The minimum absolute atomic E-state index is 0.187. The lowest BCUT2D eigenvalue weighted by atomic mass is 10.2. The number of anilines is 1. The van der Waals surface area contributed by atoms with E-state index in [0.29, 0.717) is 21.4 Å². The molecule has 18 heavy (non-hydrogen) atoms. The van der Waals surface area contributed by atoms with Crippen molar-refractivity contribution in [1.82, 2.24) is 0 Å². The number of phenols is 1. The van der Waals surface area contributed by atoms with E-state index in [-0.39, 0.29) is 5.75 Å². The van der Waals surface area contributed by atoms with Crippen molar-refractivity contribution in [2.45, 2.75) is 0 Å². The van der Waals surface area contributed by atoms with Crippen LogP contribution in [0.4, 0.5) is 11.4 Å². The summed E-state index contributed by atoms with van der Waals surface area (Å²) in [6.07, 6.45) is 1.61. The molecule has 0 fully saturated rings. The first-order valence-electron chi connectivity index (χ1n) is 5.14. The molecule has 0 aliphatic carbocycles. The van der Waals surface area contributed by atoms with E-state index in [1.165, 1.54) is 0 Å². The molecule has 0 saturated heterocycles. The lowest BCUT2D eigenvalue weighted by molar-refractivity contribution is 0.475. The van der Waals surface area contributed by atoms with Crippen LogP contribution in [0.5, 0.6) is 5.75 Å². The van der Waals surface area contributed by atoms with Crippen LogP contribution in [0.3, 0.4) is 0 Å². The second-order valence-corrected chi connectivity index (χ2v) is 4.49. The van der Waals surface area contributed by atoms with E-state index in [1.54, 1.807) is 36.5 Å². The Morgan fingerprint density at radius 1 is 1.11 bits per heavy atom. The van der Waals surface area contributed by atoms with Gasteiger partial charge in [0.15, 0.2) is 0 Å². The van der Waals surface area contributed by atoms with Crippen molar-refractivity contribution >= 4 is 40.8 Å².